The van der Waals surface area contributed by atoms with Gasteiger partial charge in [0.1, 0.15) is 17.2 Å². The molecular weight excluding hydrogens is 472 g/mol. The molecule has 0 saturated heterocycles. The van der Waals surface area contributed by atoms with Crippen molar-refractivity contribution in [1.82, 2.24) is 0 Å². The Kier molecular flexibility index (Phi) is 6.42. The van der Waals surface area contributed by atoms with Gasteiger partial charge in [-0.3, -0.25) is 9.59 Å². The smallest absolute Gasteiger partial charge is 0.231 e. The van der Waals surface area contributed by atoms with E-state index < -0.39 is 0 Å². The number of halogens is 1. The maximum Gasteiger partial charge on any atom is 0.231 e. The van der Waals surface area contributed by atoms with Crippen molar-refractivity contribution in [3.05, 3.63) is 93.1 Å². The lowest BCUT2D eigenvalue weighted by molar-refractivity contribution is 0.0920. The normalized spacial score (nSPS) is 13.6. The fourth-order valence-corrected chi connectivity index (χ4v) is 3.68. The molecule has 0 aliphatic carbocycles. The molecule has 3 aromatic rings. The molecule has 1 aliphatic rings. The third-order valence-corrected chi connectivity index (χ3v) is 5.60. The molecule has 0 bridgehead atoms. The van der Waals surface area contributed by atoms with Crippen molar-refractivity contribution in [1.29, 1.82) is 0 Å². The van der Waals surface area contributed by atoms with E-state index in [1.165, 1.54) is 0 Å². The lowest BCUT2D eigenvalue weighted by Crippen LogP contribution is -2.12. The maximum absolute atomic E-state index is 12.9. The molecule has 32 heavy (non-hydrogen) atoms. The van der Waals surface area contributed by atoms with E-state index in [9.17, 15) is 9.59 Å². The Balaban J connectivity index is 1.54. The zero-order valence-corrected chi connectivity index (χ0v) is 19.3. The van der Waals surface area contributed by atoms with Gasteiger partial charge in [-0.1, -0.05) is 46.3 Å². The average Bonchev–Trinajstić information content (AvgIpc) is 3.11. The summed E-state index contributed by atoms with van der Waals surface area (Å²) in [6, 6.07) is 17.9. The van der Waals surface area contributed by atoms with E-state index in [-0.39, 0.29) is 23.9 Å². The molecule has 0 spiro atoms. The third-order valence-electron chi connectivity index (χ3n) is 5.07. The van der Waals surface area contributed by atoms with Crippen LogP contribution in [-0.2, 0) is 0 Å². The number of para-hydroxylation sites is 1. The van der Waals surface area contributed by atoms with Gasteiger partial charge in [0.25, 0.3) is 0 Å². The lowest BCUT2D eigenvalue weighted by Gasteiger charge is -2.11. The van der Waals surface area contributed by atoms with Crippen LogP contribution in [0.25, 0.3) is 6.08 Å². The summed E-state index contributed by atoms with van der Waals surface area (Å²) >= 11 is 3.35. The van der Waals surface area contributed by atoms with Gasteiger partial charge in [0.05, 0.1) is 12.2 Å². The standard InChI is InChI=1S/C26H21BrO5/c1-3-30-23-7-5-4-6-18(23)14-24-25(29)20-12-13-22(16(2)26(20)32-24)31-15-21(28)17-8-10-19(27)11-9-17/h4-14H,3,15H2,1-2H3/b24-14-. The number of hydrogen-bond acceptors (Lipinski definition) is 5. The van der Waals surface area contributed by atoms with Crippen LogP contribution in [0.5, 0.6) is 17.2 Å². The van der Waals surface area contributed by atoms with Crippen LogP contribution < -0.4 is 14.2 Å². The largest absolute Gasteiger partial charge is 0.493 e. The second kappa shape index (κ2) is 9.40. The molecule has 0 unspecified atom stereocenters. The minimum Gasteiger partial charge on any atom is -0.493 e. The van der Waals surface area contributed by atoms with E-state index in [1.807, 2.05) is 50.2 Å². The summed E-state index contributed by atoms with van der Waals surface area (Å²) < 4.78 is 18.2. The van der Waals surface area contributed by atoms with Gasteiger partial charge in [-0.2, -0.15) is 0 Å². The van der Waals surface area contributed by atoms with Crippen LogP contribution >= 0.6 is 15.9 Å². The van der Waals surface area contributed by atoms with E-state index in [4.69, 9.17) is 14.2 Å². The Bertz CT molecular complexity index is 1210. The maximum atomic E-state index is 12.9. The highest BCUT2D eigenvalue weighted by atomic mass is 79.9. The minimum absolute atomic E-state index is 0.111. The quantitative estimate of drug-likeness (QED) is 0.297. The summed E-state index contributed by atoms with van der Waals surface area (Å²) in [5.74, 6) is 1.51. The Morgan fingerprint density at radius 1 is 1.00 bits per heavy atom. The molecular formula is C26H21BrO5. The summed E-state index contributed by atoms with van der Waals surface area (Å²) in [6.45, 7) is 4.12. The van der Waals surface area contributed by atoms with E-state index >= 15 is 0 Å². The first-order chi connectivity index (χ1) is 15.5. The van der Waals surface area contributed by atoms with Crippen LogP contribution in [0.4, 0.5) is 0 Å². The Morgan fingerprint density at radius 2 is 1.75 bits per heavy atom. The molecule has 1 aliphatic heterocycles. The average molecular weight is 493 g/mol. The summed E-state index contributed by atoms with van der Waals surface area (Å²) in [4.78, 5) is 25.3. The predicted molar refractivity (Wildman–Crippen MR) is 126 cm³/mol. The number of carbonyl (C=O) groups is 2. The van der Waals surface area contributed by atoms with Crippen molar-refractivity contribution >= 4 is 33.6 Å². The topological polar surface area (TPSA) is 61.8 Å². The van der Waals surface area contributed by atoms with Crippen molar-refractivity contribution in [2.24, 2.45) is 0 Å². The first kappa shape index (κ1) is 21.8. The molecule has 1 heterocycles. The highest BCUT2D eigenvalue weighted by molar-refractivity contribution is 9.10. The number of ether oxygens (including phenoxy) is 3. The van der Waals surface area contributed by atoms with Crippen LogP contribution in [0.3, 0.4) is 0 Å². The fraction of sp³-hybridized carbons (Fsp3) is 0.154. The van der Waals surface area contributed by atoms with E-state index in [0.29, 0.717) is 40.5 Å². The number of ketones is 2. The molecule has 6 heteroatoms. The van der Waals surface area contributed by atoms with Crippen LogP contribution in [0.2, 0.25) is 0 Å². The molecule has 4 rings (SSSR count). The van der Waals surface area contributed by atoms with Crippen LogP contribution in [0.15, 0.2) is 70.9 Å². The second-order valence-corrected chi connectivity index (χ2v) is 8.11. The summed E-state index contributed by atoms with van der Waals surface area (Å²) in [5.41, 5.74) is 2.46. The zero-order valence-electron chi connectivity index (χ0n) is 17.7. The van der Waals surface area contributed by atoms with Crippen LogP contribution in [0, 0.1) is 6.92 Å². The second-order valence-electron chi connectivity index (χ2n) is 7.19. The van der Waals surface area contributed by atoms with Crippen molar-refractivity contribution in [2.75, 3.05) is 13.2 Å². The molecule has 162 valence electrons. The van der Waals surface area contributed by atoms with Crippen molar-refractivity contribution < 1.29 is 23.8 Å². The molecule has 0 radical (unpaired) electrons. The van der Waals surface area contributed by atoms with Crippen molar-refractivity contribution in [3.8, 4) is 17.2 Å². The van der Waals surface area contributed by atoms with E-state index in [0.717, 1.165) is 10.0 Å². The number of fused-ring (bicyclic) bond motifs is 1. The van der Waals surface area contributed by atoms with E-state index in [1.54, 1.807) is 30.3 Å². The van der Waals surface area contributed by atoms with Gasteiger partial charge in [-0.25, -0.2) is 0 Å². The van der Waals surface area contributed by atoms with Gasteiger partial charge >= 0.3 is 0 Å². The van der Waals surface area contributed by atoms with Crippen LogP contribution in [-0.4, -0.2) is 24.8 Å². The number of carbonyl (C=O) groups excluding carboxylic acids is 2. The van der Waals surface area contributed by atoms with Gasteiger partial charge in [0, 0.05) is 21.2 Å². The number of allylic oxidation sites excluding steroid dienone is 1. The van der Waals surface area contributed by atoms with Gasteiger partial charge in [0.15, 0.2) is 18.1 Å². The SMILES string of the molecule is CCOc1ccccc1/C=C1\Oc2c(ccc(OCC(=O)c3ccc(Br)cc3)c2C)C1=O. The monoisotopic (exact) mass is 492 g/mol. The highest BCUT2D eigenvalue weighted by Gasteiger charge is 2.30. The summed E-state index contributed by atoms with van der Waals surface area (Å²) in [5, 5.41) is 0. The zero-order chi connectivity index (χ0) is 22.7. The first-order valence-electron chi connectivity index (χ1n) is 10.2. The molecule has 0 fully saturated rings. The fourth-order valence-electron chi connectivity index (χ4n) is 3.41. The molecule has 0 atom stereocenters. The Labute approximate surface area is 194 Å². The molecule has 0 saturated carbocycles. The summed E-state index contributed by atoms with van der Waals surface area (Å²) in [6.07, 6.45) is 1.68. The molecule has 0 N–H and O–H groups in total. The van der Waals surface area contributed by atoms with Crippen molar-refractivity contribution in [2.45, 2.75) is 13.8 Å². The van der Waals surface area contributed by atoms with Gasteiger partial charge < -0.3 is 14.2 Å². The number of Topliss-reactive ketones (excluding diaryl/α,β-unsaturated/α-hetero) is 2. The number of benzene rings is 3. The Morgan fingerprint density at radius 3 is 2.50 bits per heavy atom. The van der Waals surface area contributed by atoms with Gasteiger partial charge in [0.2, 0.25) is 5.78 Å². The van der Waals surface area contributed by atoms with Gasteiger partial charge in [-0.15, -0.1) is 0 Å². The minimum atomic E-state index is -0.202. The van der Waals surface area contributed by atoms with Crippen molar-refractivity contribution in [3.63, 3.8) is 0 Å². The molecule has 0 amide bonds. The molecule has 0 aromatic heterocycles. The summed E-state index contributed by atoms with van der Waals surface area (Å²) in [7, 11) is 0. The number of hydrogen-bond donors (Lipinski definition) is 0. The van der Waals surface area contributed by atoms with Crippen LogP contribution in [0.1, 0.15) is 38.8 Å². The van der Waals surface area contributed by atoms with Gasteiger partial charge in [-0.05, 0) is 50.3 Å². The predicted octanol–water partition coefficient (Wildman–Crippen LogP) is 6.03. The highest BCUT2D eigenvalue weighted by Crippen LogP contribution is 2.39. The lowest BCUT2D eigenvalue weighted by atomic mass is 10.1. The van der Waals surface area contributed by atoms with E-state index in [2.05, 4.69) is 15.9 Å². The number of rotatable bonds is 7. The third kappa shape index (κ3) is 4.46. The Hall–Kier alpha value is -3.38. The first-order valence-corrected chi connectivity index (χ1v) is 11.0. The molecule has 3 aromatic carbocycles. The molecule has 5 nitrogen and oxygen atoms in total.